The van der Waals surface area contributed by atoms with Crippen molar-refractivity contribution in [3.05, 3.63) is 29.4 Å². The highest BCUT2D eigenvalue weighted by Crippen LogP contribution is 2.22. The quantitative estimate of drug-likeness (QED) is 0.726. The molecule has 0 radical (unpaired) electrons. The Hall–Kier alpha value is -3.30. The number of allylic oxidation sites excluding steroid dienone is 1. The van der Waals surface area contributed by atoms with Crippen LogP contribution in [0.5, 0.6) is 0 Å². The van der Waals surface area contributed by atoms with Crippen molar-refractivity contribution in [2.45, 2.75) is 39.2 Å². The average molecular weight is 373 g/mol. The van der Waals surface area contributed by atoms with Crippen LogP contribution in [-0.2, 0) is 25.6 Å². The highest BCUT2D eigenvalue weighted by atomic mass is 16.6. The number of carbonyl (C=O) groups is 3. The summed E-state index contributed by atoms with van der Waals surface area (Å²) >= 11 is 0. The number of oxime groups is 1. The van der Waals surface area contributed by atoms with Gasteiger partial charge in [-0.3, -0.25) is 9.59 Å². The van der Waals surface area contributed by atoms with Gasteiger partial charge in [-0.2, -0.15) is 0 Å². The summed E-state index contributed by atoms with van der Waals surface area (Å²) in [5.41, 5.74) is 0.974. The number of anilines is 1. The van der Waals surface area contributed by atoms with Crippen molar-refractivity contribution in [2.75, 3.05) is 11.9 Å². The molecule has 1 unspecified atom stereocenters. The van der Waals surface area contributed by atoms with Gasteiger partial charge in [0.2, 0.25) is 5.91 Å². The van der Waals surface area contributed by atoms with Gasteiger partial charge in [-0.1, -0.05) is 5.16 Å². The number of carbonyl (C=O) groups excluding carboxylic acids is 3. The van der Waals surface area contributed by atoms with Gasteiger partial charge in [0, 0.05) is 18.4 Å². The molecule has 1 atom stereocenters. The Kier molecular flexibility index (Phi) is 5.43. The summed E-state index contributed by atoms with van der Waals surface area (Å²) in [6.45, 7) is 3.69. The van der Waals surface area contributed by atoms with Crippen LogP contribution < -0.4 is 10.6 Å². The summed E-state index contributed by atoms with van der Waals surface area (Å²) in [7, 11) is 0. The minimum atomic E-state index is -0.529. The number of fused-ring (bicyclic) bond motifs is 1. The summed E-state index contributed by atoms with van der Waals surface area (Å²) in [6, 6.07) is -0.492. The monoisotopic (exact) mass is 373 g/mol. The largest absolute Gasteiger partial charge is 0.461 e. The Morgan fingerprint density at radius 3 is 2.89 bits per heavy atom. The third kappa shape index (κ3) is 4.10. The zero-order valence-electron chi connectivity index (χ0n) is 14.9. The van der Waals surface area contributed by atoms with Crippen LogP contribution in [0.3, 0.4) is 0 Å². The van der Waals surface area contributed by atoms with Crippen LogP contribution in [0, 0.1) is 0 Å². The van der Waals surface area contributed by atoms with Crippen LogP contribution in [-0.4, -0.2) is 46.1 Å². The minimum Gasteiger partial charge on any atom is -0.461 e. The molecule has 1 aromatic heterocycles. The van der Waals surface area contributed by atoms with E-state index in [0.717, 1.165) is 0 Å². The lowest BCUT2D eigenvalue weighted by Gasteiger charge is -2.21. The molecule has 0 aromatic carbocycles. The van der Waals surface area contributed by atoms with E-state index in [0.29, 0.717) is 23.6 Å². The maximum Gasteiger partial charge on any atom is 0.356 e. The molecule has 27 heavy (non-hydrogen) atoms. The lowest BCUT2D eigenvalue weighted by molar-refractivity contribution is -0.135. The fourth-order valence-electron chi connectivity index (χ4n) is 2.69. The molecule has 0 saturated heterocycles. The molecule has 1 aromatic rings. The predicted octanol–water partition coefficient (Wildman–Crippen LogP) is 0.703. The summed E-state index contributed by atoms with van der Waals surface area (Å²) in [6.07, 6.45) is 3.82. The normalized spacial score (nSPS) is 16.7. The molecule has 0 aliphatic carbocycles. The molecular formula is C17H19N5O5. The topological polar surface area (TPSA) is 132 Å². The number of nitrogens with zero attached hydrogens (tertiary/aromatic N) is 3. The number of nitrogens with one attached hydrogen (secondary N) is 2. The molecule has 3 rings (SSSR count). The lowest BCUT2D eigenvalue weighted by Crippen LogP contribution is -2.37. The van der Waals surface area contributed by atoms with Gasteiger partial charge in [0.05, 0.1) is 12.6 Å². The van der Waals surface area contributed by atoms with E-state index in [4.69, 9.17) is 9.57 Å². The molecule has 0 fully saturated rings. The lowest BCUT2D eigenvalue weighted by atomic mass is 10.0. The maximum atomic E-state index is 12.6. The Morgan fingerprint density at radius 2 is 2.19 bits per heavy atom. The smallest absolute Gasteiger partial charge is 0.356 e. The predicted molar refractivity (Wildman–Crippen MR) is 93.8 cm³/mol. The van der Waals surface area contributed by atoms with Gasteiger partial charge in [0.1, 0.15) is 17.8 Å². The van der Waals surface area contributed by atoms with Crippen molar-refractivity contribution in [1.29, 1.82) is 0 Å². The molecule has 142 valence electrons. The van der Waals surface area contributed by atoms with Crippen molar-refractivity contribution in [2.24, 2.45) is 5.16 Å². The third-order valence-corrected chi connectivity index (χ3v) is 4.06. The standard InChI is InChI=1S/C17H19N5O5/c1-3-26-17(25)11-5-6-12(27-22-11)9(2)20-16(24)14-10-4-7-13(23)21-15(10)19-8-18-14/h6,8-9H,3-5,7H2,1-2H3,(H,20,24)(H,18,19,21,23). The molecule has 0 bridgehead atoms. The van der Waals surface area contributed by atoms with Crippen LogP contribution in [0.1, 0.15) is 42.7 Å². The minimum absolute atomic E-state index is 0.142. The number of aromatic nitrogens is 2. The number of esters is 1. The number of hydrogen-bond acceptors (Lipinski definition) is 8. The van der Waals surface area contributed by atoms with E-state index in [-0.39, 0.29) is 36.8 Å². The second-order valence-electron chi connectivity index (χ2n) is 5.95. The zero-order valence-corrected chi connectivity index (χ0v) is 14.9. The highest BCUT2D eigenvalue weighted by Gasteiger charge is 2.26. The summed E-state index contributed by atoms with van der Waals surface area (Å²) in [5, 5.41) is 9.16. The van der Waals surface area contributed by atoms with E-state index in [9.17, 15) is 14.4 Å². The first-order valence-corrected chi connectivity index (χ1v) is 8.55. The maximum absolute atomic E-state index is 12.6. The van der Waals surface area contributed by atoms with Crippen LogP contribution in [0.4, 0.5) is 5.82 Å². The molecule has 10 heteroatoms. The third-order valence-electron chi connectivity index (χ3n) is 4.06. The Balaban J connectivity index is 1.65. The Morgan fingerprint density at radius 1 is 1.37 bits per heavy atom. The van der Waals surface area contributed by atoms with Gasteiger partial charge >= 0.3 is 5.97 Å². The second-order valence-corrected chi connectivity index (χ2v) is 5.95. The van der Waals surface area contributed by atoms with Gasteiger partial charge < -0.3 is 20.2 Å². The van der Waals surface area contributed by atoms with Crippen LogP contribution >= 0.6 is 0 Å². The van der Waals surface area contributed by atoms with Crippen molar-refractivity contribution in [3.63, 3.8) is 0 Å². The van der Waals surface area contributed by atoms with Crippen molar-refractivity contribution in [3.8, 4) is 0 Å². The first-order chi connectivity index (χ1) is 13.0. The first kappa shape index (κ1) is 18.5. The Labute approximate surface area is 155 Å². The fraction of sp³-hybridized carbons (Fsp3) is 0.412. The first-order valence-electron chi connectivity index (χ1n) is 8.55. The van der Waals surface area contributed by atoms with Gasteiger partial charge in [0.25, 0.3) is 5.91 Å². The number of ether oxygens (including phenoxy) is 1. The number of rotatable bonds is 5. The van der Waals surface area contributed by atoms with Crippen molar-refractivity contribution in [1.82, 2.24) is 15.3 Å². The molecular weight excluding hydrogens is 354 g/mol. The number of amides is 2. The van der Waals surface area contributed by atoms with E-state index in [1.807, 2.05) is 0 Å². The number of hydrogen-bond donors (Lipinski definition) is 2. The zero-order chi connectivity index (χ0) is 19.4. The van der Waals surface area contributed by atoms with Crippen molar-refractivity contribution < 1.29 is 24.0 Å². The average Bonchev–Trinajstić information content (AvgIpc) is 2.67. The van der Waals surface area contributed by atoms with E-state index in [1.54, 1.807) is 19.9 Å². The van der Waals surface area contributed by atoms with Gasteiger partial charge in [-0.05, 0) is 26.3 Å². The van der Waals surface area contributed by atoms with Gasteiger partial charge in [0.15, 0.2) is 11.5 Å². The summed E-state index contributed by atoms with van der Waals surface area (Å²) in [5.74, 6) is -0.318. The SMILES string of the molecule is CCOC(=O)C1=NOC(C(C)NC(=O)c2ncnc3c2CCC(=O)N3)=CC1. The Bertz CT molecular complexity index is 848. The van der Waals surface area contributed by atoms with E-state index in [1.165, 1.54) is 6.33 Å². The molecule has 0 saturated carbocycles. The summed E-state index contributed by atoms with van der Waals surface area (Å²) < 4.78 is 4.87. The molecule has 0 spiro atoms. The van der Waals surface area contributed by atoms with Gasteiger partial charge in [-0.25, -0.2) is 14.8 Å². The van der Waals surface area contributed by atoms with Crippen LogP contribution in [0.25, 0.3) is 0 Å². The van der Waals surface area contributed by atoms with E-state index < -0.39 is 17.9 Å². The van der Waals surface area contributed by atoms with Crippen LogP contribution in [0.15, 0.2) is 23.3 Å². The summed E-state index contributed by atoms with van der Waals surface area (Å²) in [4.78, 5) is 49.0. The molecule has 2 N–H and O–H groups in total. The fourth-order valence-corrected chi connectivity index (χ4v) is 2.69. The molecule has 2 aliphatic rings. The molecule has 3 heterocycles. The van der Waals surface area contributed by atoms with Crippen LogP contribution in [0.2, 0.25) is 0 Å². The second kappa shape index (κ2) is 7.94. The molecule has 10 nitrogen and oxygen atoms in total. The van der Waals surface area contributed by atoms with E-state index in [2.05, 4.69) is 25.8 Å². The molecule has 2 amide bonds. The highest BCUT2D eigenvalue weighted by molar-refractivity contribution is 6.36. The van der Waals surface area contributed by atoms with Gasteiger partial charge in [-0.15, -0.1) is 0 Å². The van der Waals surface area contributed by atoms with E-state index >= 15 is 0 Å². The van der Waals surface area contributed by atoms with Crippen molar-refractivity contribution >= 4 is 29.3 Å². The molecule has 2 aliphatic heterocycles.